The molecule has 1 aromatic rings. The van der Waals surface area contributed by atoms with Crippen molar-refractivity contribution in [1.29, 1.82) is 0 Å². The van der Waals surface area contributed by atoms with E-state index in [4.69, 9.17) is 10.5 Å². The van der Waals surface area contributed by atoms with Crippen LogP contribution in [0.25, 0.3) is 0 Å². The van der Waals surface area contributed by atoms with E-state index >= 15 is 0 Å². The van der Waals surface area contributed by atoms with Crippen LogP contribution in [0.1, 0.15) is 41.9 Å². The van der Waals surface area contributed by atoms with Crippen molar-refractivity contribution in [3.8, 4) is 5.75 Å². The molecule has 3 aliphatic rings. The molecule has 0 spiro atoms. The first-order chi connectivity index (χ1) is 17.4. The second kappa shape index (κ2) is 9.86. The van der Waals surface area contributed by atoms with Crippen LogP contribution in [0.4, 0.5) is 0 Å². The maximum Gasteiger partial charge on any atom is 0.230 e. The summed E-state index contributed by atoms with van der Waals surface area (Å²) in [5, 5.41) is 25.2. The summed E-state index contributed by atoms with van der Waals surface area (Å²) in [5.41, 5.74) is 4.76. The topological polar surface area (TPSA) is 172 Å². The van der Waals surface area contributed by atoms with Gasteiger partial charge in [0.05, 0.1) is 29.4 Å². The second-order valence-corrected chi connectivity index (χ2v) is 11.1. The number of aliphatic hydroxyl groups excluding tert-OH is 1. The Bertz CT molecular complexity index is 1140. The third-order valence-electron chi connectivity index (χ3n) is 8.27. The van der Waals surface area contributed by atoms with Crippen LogP contribution in [-0.2, 0) is 32.1 Å². The van der Waals surface area contributed by atoms with Crippen molar-refractivity contribution in [2.24, 2.45) is 35.3 Å². The van der Waals surface area contributed by atoms with Gasteiger partial charge in [0.2, 0.25) is 5.91 Å². The lowest BCUT2D eigenvalue weighted by atomic mass is 9.51. The van der Waals surface area contributed by atoms with Gasteiger partial charge in [0.25, 0.3) is 0 Å². The number of aromatic nitrogens is 1. The van der Waals surface area contributed by atoms with Crippen molar-refractivity contribution >= 4 is 23.3 Å². The summed E-state index contributed by atoms with van der Waals surface area (Å²) in [6.07, 6.45) is -0.128. The first-order valence-electron chi connectivity index (χ1n) is 12.6. The van der Waals surface area contributed by atoms with Crippen LogP contribution in [0.5, 0.6) is 5.75 Å². The number of amides is 1. The third-order valence-corrected chi connectivity index (χ3v) is 8.27. The Morgan fingerprint density at radius 3 is 2.57 bits per heavy atom. The number of nitrogens with zero attached hydrogens (tertiary/aromatic N) is 2. The number of aliphatic hydroxyl groups is 1. The van der Waals surface area contributed by atoms with Crippen LogP contribution < -0.4 is 11.1 Å². The lowest BCUT2D eigenvalue weighted by Gasteiger charge is -2.57. The van der Waals surface area contributed by atoms with Crippen molar-refractivity contribution in [2.45, 2.75) is 51.0 Å². The lowest BCUT2D eigenvalue weighted by molar-refractivity contribution is -0.211. The Morgan fingerprint density at radius 2 is 2.00 bits per heavy atom. The molecule has 11 nitrogen and oxygen atoms in total. The number of ether oxygens (including phenoxy) is 1. The van der Waals surface area contributed by atoms with Gasteiger partial charge >= 0.3 is 0 Å². The molecule has 0 aliphatic heterocycles. The van der Waals surface area contributed by atoms with Gasteiger partial charge in [-0.25, -0.2) is 0 Å². The number of likely N-dealkylation sites (N-methyl/N-ethyl adjacent to an activating group) is 1. The van der Waals surface area contributed by atoms with Crippen molar-refractivity contribution < 1.29 is 34.1 Å². The van der Waals surface area contributed by atoms with Crippen LogP contribution in [0, 0.1) is 29.6 Å². The first kappa shape index (κ1) is 27.3. The van der Waals surface area contributed by atoms with Crippen LogP contribution in [0.2, 0.25) is 0 Å². The zero-order chi connectivity index (χ0) is 27.4. The summed E-state index contributed by atoms with van der Waals surface area (Å²) in [6.45, 7) is 5.27. The summed E-state index contributed by atoms with van der Waals surface area (Å²) in [5.74, 6) is -7.00. The van der Waals surface area contributed by atoms with E-state index in [1.165, 1.54) is 13.3 Å². The van der Waals surface area contributed by atoms with Gasteiger partial charge in [0, 0.05) is 19.6 Å². The summed E-state index contributed by atoms with van der Waals surface area (Å²) < 4.78 is 5.71. The number of carbonyl (C=O) groups is 4. The van der Waals surface area contributed by atoms with E-state index in [1.807, 2.05) is 0 Å². The minimum absolute atomic E-state index is 0.0487. The molecular formula is C26H36N4O7. The van der Waals surface area contributed by atoms with Gasteiger partial charge in [-0.15, -0.1) is 0 Å². The van der Waals surface area contributed by atoms with Crippen LogP contribution in [0.15, 0.2) is 6.20 Å². The zero-order valence-corrected chi connectivity index (χ0v) is 21.9. The number of Topliss-reactive ketones (excluding diaryl/α,β-unsaturated/α-hetero) is 3. The predicted molar refractivity (Wildman–Crippen MR) is 131 cm³/mol. The largest absolute Gasteiger partial charge is 0.506 e. The number of pyridine rings is 1. The average Bonchev–Trinajstić information content (AvgIpc) is 2.79. The molecule has 7 atom stereocenters. The van der Waals surface area contributed by atoms with Gasteiger partial charge in [0.1, 0.15) is 17.8 Å². The van der Waals surface area contributed by atoms with Crippen LogP contribution >= 0.6 is 0 Å². The van der Waals surface area contributed by atoms with Crippen molar-refractivity contribution in [1.82, 2.24) is 15.2 Å². The summed E-state index contributed by atoms with van der Waals surface area (Å²) in [7, 11) is 4.53. The fourth-order valence-electron chi connectivity index (χ4n) is 6.73. The molecule has 0 saturated heterocycles. The minimum Gasteiger partial charge on any atom is -0.506 e. The highest BCUT2D eigenvalue weighted by atomic mass is 16.5. The van der Waals surface area contributed by atoms with Gasteiger partial charge in [-0.1, -0.05) is 13.8 Å². The number of fused-ring (bicyclic) bond motifs is 3. The third kappa shape index (κ3) is 4.08. The van der Waals surface area contributed by atoms with Gasteiger partial charge in [0.15, 0.2) is 23.0 Å². The molecule has 0 aromatic carbocycles. The molecule has 2 saturated carbocycles. The van der Waals surface area contributed by atoms with Crippen molar-refractivity contribution in [3.05, 3.63) is 23.0 Å². The van der Waals surface area contributed by atoms with E-state index in [0.29, 0.717) is 23.7 Å². The minimum atomic E-state index is -1.98. The van der Waals surface area contributed by atoms with Gasteiger partial charge in [-0.3, -0.25) is 29.1 Å². The highest BCUT2D eigenvalue weighted by Crippen LogP contribution is 2.53. The number of nitrogens with one attached hydrogen (secondary N) is 1. The number of ketones is 3. The Kier molecular flexibility index (Phi) is 7.28. The smallest absolute Gasteiger partial charge is 0.230 e. The lowest BCUT2D eigenvalue weighted by Crippen LogP contribution is -2.76. The quantitative estimate of drug-likeness (QED) is 0.345. The molecule has 2 fully saturated rings. The van der Waals surface area contributed by atoms with Gasteiger partial charge in [-0.2, -0.15) is 0 Å². The van der Waals surface area contributed by atoms with Crippen LogP contribution in [0.3, 0.4) is 0 Å². The van der Waals surface area contributed by atoms with Crippen LogP contribution in [-0.4, -0.2) is 88.9 Å². The highest BCUT2D eigenvalue weighted by molar-refractivity contribution is 6.18. The molecule has 0 bridgehead atoms. The Hall–Kier alpha value is -2.73. The number of aromatic hydroxyl groups is 1. The summed E-state index contributed by atoms with van der Waals surface area (Å²) in [6, 6.07) is -0.934. The Balaban J connectivity index is 1.82. The number of hydrogen-bond donors (Lipinski definition) is 4. The molecule has 4 rings (SSSR count). The SMILES string of the molecule is COC12C(=O)C3C(=O)c4c(O)cnc(CNCC(C)C)c4CC3CC1C(N(C)C)C(=O)C(C(N)=O)C2O. The Morgan fingerprint density at radius 1 is 1.32 bits per heavy atom. The molecular weight excluding hydrogens is 480 g/mol. The van der Waals surface area contributed by atoms with E-state index in [-0.39, 0.29) is 24.2 Å². The summed E-state index contributed by atoms with van der Waals surface area (Å²) in [4.78, 5) is 59.5. The Labute approximate surface area is 215 Å². The molecule has 37 heavy (non-hydrogen) atoms. The van der Waals surface area contributed by atoms with Gasteiger partial charge in [-0.05, 0) is 50.9 Å². The van der Waals surface area contributed by atoms with E-state index in [9.17, 15) is 29.4 Å². The molecule has 5 N–H and O–H groups in total. The second-order valence-electron chi connectivity index (χ2n) is 11.1. The highest BCUT2D eigenvalue weighted by Gasteiger charge is 2.70. The maximum atomic E-state index is 14.2. The van der Waals surface area contributed by atoms with E-state index in [1.54, 1.807) is 19.0 Å². The van der Waals surface area contributed by atoms with Crippen molar-refractivity contribution in [3.63, 3.8) is 0 Å². The number of primary amides is 1. The van der Waals surface area contributed by atoms with Gasteiger partial charge < -0.3 is 26.0 Å². The molecule has 0 radical (unpaired) electrons. The van der Waals surface area contributed by atoms with E-state index in [2.05, 4.69) is 24.1 Å². The van der Waals surface area contributed by atoms with E-state index < -0.39 is 64.7 Å². The molecule has 1 aromatic heterocycles. The number of carbonyl (C=O) groups excluding carboxylic acids is 4. The molecule has 1 heterocycles. The fraction of sp³-hybridized carbons (Fsp3) is 0.654. The number of rotatable bonds is 7. The fourth-order valence-corrected chi connectivity index (χ4v) is 6.73. The standard InChI is InChI=1S/C26H36N4O7/c1-11(2)8-28-9-15-13-6-12-7-14-20(30(3)4)22(33)19(25(27)36)24(35)26(14,37-5)23(34)17(12)21(32)18(13)16(31)10-29-15/h10-12,14,17,19-20,24,28,31,35H,6-9H2,1-5H3,(H2,27,36). The molecule has 7 unspecified atom stereocenters. The molecule has 3 aliphatic carbocycles. The predicted octanol–water partition coefficient (Wildman–Crippen LogP) is -0.546. The number of methoxy groups -OCH3 is 1. The normalized spacial score (nSPS) is 33.4. The summed E-state index contributed by atoms with van der Waals surface area (Å²) >= 11 is 0. The monoisotopic (exact) mass is 516 g/mol. The first-order valence-corrected chi connectivity index (χ1v) is 12.6. The zero-order valence-electron chi connectivity index (χ0n) is 21.9. The van der Waals surface area contributed by atoms with Crippen molar-refractivity contribution in [2.75, 3.05) is 27.7 Å². The average molecular weight is 517 g/mol. The number of hydrogen-bond acceptors (Lipinski definition) is 10. The number of nitrogens with two attached hydrogens (primary N) is 1. The molecule has 202 valence electrons. The van der Waals surface area contributed by atoms with E-state index in [0.717, 1.165) is 6.54 Å². The molecule has 11 heteroatoms. The maximum absolute atomic E-state index is 14.2. The molecule has 1 amide bonds.